The number of esters is 2. The molecule has 10 rings (SSSR count). The van der Waals surface area contributed by atoms with Crippen molar-refractivity contribution in [3.63, 3.8) is 0 Å². The first-order chi connectivity index (χ1) is 27.4. The van der Waals surface area contributed by atoms with Crippen LogP contribution >= 0.6 is 0 Å². The minimum absolute atomic E-state index is 0.138. The maximum atomic E-state index is 12.9. The largest absolute Gasteiger partial charge is 0.508 e. The number of hydrogen-bond acceptors (Lipinski definition) is 6. The van der Waals surface area contributed by atoms with E-state index in [9.17, 15) is 14.7 Å². The van der Waals surface area contributed by atoms with Gasteiger partial charge in [-0.25, -0.2) is 0 Å². The van der Waals surface area contributed by atoms with Crippen LogP contribution < -0.4 is 14.2 Å². The number of allylic oxidation sites excluding steroid dienone is 2. The van der Waals surface area contributed by atoms with E-state index in [-0.39, 0.29) is 48.3 Å². The zero-order valence-corrected chi connectivity index (χ0v) is 30.6. The highest BCUT2D eigenvalue weighted by molar-refractivity contribution is 5.95. The first-order valence-electron chi connectivity index (χ1n) is 18.9. The van der Waals surface area contributed by atoms with Crippen molar-refractivity contribution < 1.29 is 28.9 Å². The molecule has 6 heteroatoms. The molecule has 3 unspecified atom stereocenters. The molecule has 7 aromatic carbocycles. The summed E-state index contributed by atoms with van der Waals surface area (Å²) in [6.07, 6.45) is 6.04. The molecule has 2 aliphatic heterocycles. The van der Waals surface area contributed by atoms with Crippen molar-refractivity contribution in [2.24, 2.45) is 0 Å². The predicted octanol–water partition coefficient (Wildman–Crippen LogP) is 11.6. The second kappa shape index (κ2) is 13.4. The van der Waals surface area contributed by atoms with E-state index in [0.29, 0.717) is 23.0 Å². The second-order valence-electron chi connectivity index (χ2n) is 14.8. The van der Waals surface area contributed by atoms with Gasteiger partial charge in [0.05, 0.1) is 12.8 Å². The van der Waals surface area contributed by atoms with E-state index in [1.807, 2.05) is 110 Å². The van der Waals surface area contributed by atoms with Crippen LogP contribution in [0.15, 0.2) is 151 Å². The molecule has 3 atom stereocenters. The number of rotatable bonds is 5. The van der Waals surface area contributed by atoms with Crippen molar-refractivity contribution >= 4 is 39.6 Å². The molecule has 6 nitrogen and oxygen atoms in total. The lowest BCUT2D eigenvalue weighted by Crippen LogP contribution is -2.22. The third-order valence-corrected chi connectivity index (χ3v) is 11.5. The van der Waals surface area contributed by atoms with Gasteiger partial charge in [-0.1, -0.05) is 103 Å². The van der Waals surface area contributed by atoms with Gasteiger partial charge in [-0.15, -0.1) is 0 Å². The summed E-state index contributed by atoms with van der Waals surface area (Å²) in [7, 11) is 0. The van der Waals surface area contributed by atoms with Gasteiger partial charge in [0.15, 0.2) is 0 Å². The highest BCUT2D eigenvalue weighted by Gasteiger charge is 2.33. The highest BCUT2D eigenvalue weighted by atomic mass is 16.5. The van der Waals surface area contributed by atoms with E-state index in [1.54, 1.807) is 6.08 Å². The molecular weight excluding hydrogens is 697 g/mol. The zero-order valence-electron chi connectivity index (χ0n) is 30.6. The van der Waals surface area contributed by atoms with Gasteiger partial charge < -0.3 is 19.3 Å². The maximum Gasteiger partial charge on any atom is 0.312 e. The van der Waals surface area contributed by atoms with Crippen molar-refractivity contribution in [2.45, 2.75) is 37.5 Å². The molecule has 1 N–H and O–H groups in total. The molecule has 2 heterocycles. The predicted molar refractivity (Wildman–Crippen MR) is 218 cm³/mol. The summed E-state index contributed by atoms with van der Waals surface area (Å²) >= 11 is 0. The van der Waals surface area contributed by atoms with E-state index in [0.717, 1.165) is 66.1 Å². The lowest BCUT2D eigenvalue weighted by atomic mass is 9.80. The van der Waals surface area contributed by atoms with E-state index < -0.39 is 0 Å². The Balaban J connectivity index is 1.09. The van der Waals surface area contributed by atoms with E-state index in [2.05, 4.69) is 42.5 Å². The molecule has 0 saturated heterocycles. The Labute approximate surface area is 323 Å². The smallest absolute Gasteiger partial charge is 0.312 e. The monoisotopic (exact) mass is 732 g/mol. The van der Waals surface area contributed by atoms with Crippen LogP contribution in [0.3, 0.4) is 0 Å². The molecule has 0 aromatic heterocycles. The van der Waals surface area contributed by atoms with Gasteiger partial charge in [0.25, 0.3) is 0 Å². The fourth-order valence-electron chi connectivity index (χ4n) is 8.84. The fourth-order valence-corrected chi connectivity index (χ4v) is 8.84. The molecule has 0 amide bonds. The van der Waals surface area contributed by atoms with Gasteiger partial charge >= 0.3 is 11.9 Å². The molecule has 0 fully saturated rings. The number of aryl methyl sites for hydroxylation is 1. The Kier molecular flexibility index (Phi) is 8.07. The minimum atomic E-state index is -0.327. The fraction of sp³-hybridized carbons (Fsp3) is 0.120. The van der Waals surface area contributed by atoms with Crippen LogP contribution in [0.25, 0.3) is 27.6 Å². The summed E-state index contributed by atoms with van der Waals surface area (Å²) in [6.45, 7) is 2.01. The Bertz CT molecular complexity index is 2800. The van der Waals surface area contributed by atoms with Crippen LogP contribution in [0.4, 0.5) is 0 Å². The number of aliphatic hydroxyl groups excluding tert-OH is 1. The summed E-state index contributed by atoms with van der Waals surface area (Å²) in [4.78, 5) is 25.6. The Hall–Kier alpha value is -6.92. The number of carbonyl (C=O) groups excluding carboxylic acids is 2. The molecule has 7 aromatic rings. The first-order valence-corrected chi connectivity index (χ1v) is 18.9. The number of aliphatic hydroxyl groups is 1. The maximum absolute atomic E-state index is 12.9. The number of fused-ring (bicyclic) bond motifs is 5. The lowest BCUT2D eigenvalue weighted by molar-refractivity contribution is -0.136. The van der Waals surface area contributed by atoms with E-state index in [1.165, 1.54) is 0 Å². The standard InChI is InChI=1S/C50H36O6/c1-29-34-16-9-17-36(42(34)26-44-39(28-49(53)56-50(29)44)31-13-6-3-7-14-31)41-24-33(51)21-22-37-35(41)18-10-20-45(37)54-46-19-8-15-32-23-47-43(25-40(32)46)38(27-48(52)55-47)30-11-4-2-5-12-30/h2-26,38-39,41,51H,27-28H2,1H3. The van der Waals surface area contributed by atoms with Crippen molar-refractivity contribution in [1.29, 1.82) is 0 Å². The van der Waals surface area contributed by atoms with Crippen LogP contribution in [-0.2, 0) is 9.59 Å². The normalized spacial score (nSPS) is 18.6. The summed E-state index contributed by atoms with van der Waals surface area (Å²) < 4.78 is 18.6. The number of ether oxygens (including phenoxy) is 3. The van der Waals surface area contributed by atoms with Gasteiger partial charge in [-0.2, -0.15) is 0 Å². The van der Waals surface area contributed by atoms with Gasteiger partial charge in [0.1, 0.15) is 28.8 Å². The van der Waals surface area contributed by atoms with E-state index >= 15 is 0 Å². The zero-order chi connectivity index (χ0) is 37.9. The molecular formula is C50H36O6. The molecule has 3 aliphatic rings. The average Bonchev–Trinajstić information content (AvgIpc) is 3.39. The minimum Gasteiger partial charge on any atom is -0.508 e. The molecule has 1 aliphatic carbocycles. The van der Waals surface area contributed by atoms with Gasteiger partial charge in [0, 0.05) is 39.8 Å². The molecule has 0 spiro atoms. The quantitative estimate of drug-likeness (QED) is 0.140. The topological polar surface area (TPSA) is 82.1 Å². The van der Waals surface area contributed by atoms with Crippen molar-refractivity contribution in [2.75, 3.05) is 0 Å². The Morgan fingerprint density at radius 1 is 0.589 bits per heavy atom. The van der Waals surface area contributed by atoms with Crippen LogP contribution in [0, 0.1) is 6.92 Å². The number of carbonyl (C=O) groups is 2. The third-order valence-electron chi connectivity index (χ3n) is 11.5. The molecule has 0 bridgehead atoms. The van der Waals surface area contributed by atoms with Crippen molar-refractivity contribution in [3.05, 3.63) is 196 Å². The molecule has 272 valence electrons. The second-order valence-corrected chi connectivity index (χ2v) is 14.8. The van der Waals surface area contributed by atoms with Crippen LogP contribution in [0.5, 0.6) is 23.0 Å². The summed E-state index contributed by atoms with van der Waals surface area (Å²) in [6, 6.07) is 44.5. The van der Waals surface area contributed by atoms with Crippen molar-refractivity contribution in [1.82, 2.24) is 0 Å². The van der Waals surface area contributed by atoms with Gasteiger partial charge in [-0.3, -0.25) is 9.59 Å². The summed E-state index contributed by atoms with van der Waals surface area (Å²) in [5, 5.41) is 15.1. The average molecular weight is 733 g/mol. The molecule has 0 saturated carbocycles. The Morgan fingerprint density at radius 2 is 1.23 bits per heavy atom. The summed E-state index contributed by atoms with van der Waals surface area (Å²) in [5.41, 5.74) is 7.80. The SMILES string of the molecule is Cc1c2c(cc3c(C4C=C(O)C=Cc5c(Oc6cccc7cc8c(cc67)C(c6ccccc6)CC(=O)O8)cccc54)cccc13)C(c1ccccc1)CC(=O)O2. The van der Waals surface area contributed by atoms with Crippen LogP contribution in [0.2, 0.25) is 0 Å². The third kappa shape index (κ3) is 5.73. The number of benzene rings is 7. The molecule has 0 radical (unpaired) electrons. The van der Waals surface area contributed by atoms with Crippen molar-refractivity contribution in [3.8, 4) is 23.0 Å². The van der Waals surface area contributed by atoms with Crippen LogP contribution in [0.1, 0.15) is 75.1 Å². The highest BCUT2D eigenvalue weighted by Crippen LogP contribution is 2.48. The Morgan fingerprint density at radius 3 is 2.00 bits per heavy atom. The molecule has 56 heavy (non-hydrogen) atoms. The van der Waals surface area contributed by atoms with Gasteiger partial charge in [-0.05, 0) is 99.5 Å². The van der Waals surface area contributed by atoms with Crippen LogP contribution in [-0.4, -0.2) is 17.0 Å². The van der Waals surface area contributed by atoms with Gasteiger partial charge in [0.2, 0.25) is 0 Å². The first kappa shape index (κ1) is 33.6. The summed E-state index contributed by atoms with van der Waals surface area (Å²) in [5.74, 6) is 1.57. The van der Waals surface area contributed by atoms with E-state index in [4.69, 9.17) is 14.2 Å². The number of hydrogen-bond donors (Lipinski definition) is 1. The lowest BCUT2D eigenvalue weighted by Gasteiger charge is -2.28.